The van der Waals surface area contributed by atoms with Gasteiger partial charge in [-0.3, -0.25) is 4.79 Å². The van der Waals surface area contributed by atoms with E-state index in [9.17, 15) is 4.79 Å². The van der Waals surface area contributed by atoms with Gasteiger partial charge in [0, 0.05) is 48.1 Å². The van der Waals surface area contributed by atoms with Gasteiger partial charge < -0.3 is 14.8 Å². The van der Waals surface area contributed by atoms with E-state index in [4.69, 9.17) is 0 Å². The molecule has 0 saturated carbocycles. The Hall–Kier alpha value is -3.12. The highest BCUT2D eigenvalue weighted by Crippen LogP contribution is 2.27. The number of hydrogen-bond donors (Lipinski definition) is 1. The molecule has 5 rings (SSSR count). The molecule has 4 aromatic rings. The fourth-order valence-corrected chi connectivity index (χ4v) is 4.60. The molecule has 0 spiro atoms. The van der Waals surface area contributed by atoms with Gasteiger partial charge in [-0.25, -0.2) is 4.98 Å². The van der Waals surface area contributed by atoms with Crippen molar-refractivity contribution in [3.05, 3.63) is 71.2 Å². The summed E-state index contributed by atoms with van der Waals surface area (Å²) in [6.45, 7) is 5.22. The molecule has 1 amide bonds. The third kappa shape index (κ3) is 3.51. The normalized spacial score (nSPS) is 14.5. The van der Waals surface area contributed by atoms with Crippen LogP contribution in [0.25, 0.3) is 21.6 Å². The average Bonchev–Trinajstić information content (AvgIpc) is 3.40. The highest BCUT2D eigenvalue weighted by atomic mass is 32.1. The molecule has 1 aliphatic rings. The predicted octanol–water partition coefficient (Wildman–Crippen LogP) is 4.56. The first-order valence-electron chi connectivity index (χ1n) is 9.82. The third-order valence-electron chi connectivity index (χ3n) is 5.42. The van der Waals surface area contributed by atoms with Crippen LogP contribution < -0.4 is 4.90 Å². The Bertz CT molecular complexity index is 1140. The van der Waals surface area contributed by atoms with Gasteiger partial charge in [0.1, 0.15) is 10.7 Å². The second-order valence-corrected chi connectivity index (χ2v) is 8.28. The van der Waals surface area contributed by atoms with Crippen molar-refractivity contribution < 1.29 is 4.79 Å². The molecule has 2 aromatic carbocycles. The number of fused-ring (bicyclic) bond motifs is 1. The number of benzene rings is 2. The lowest BCUT2D eigenvalue weighted by atomic mass is 10.2. The Labute approximate surface area is 173 Å². The Balaban J connectivity index is 1.28. The largest absolute Gasteiger partial charge is 0.368 e. The molecule has 146 valence electrons. The minimum Gasteiger partial charge on any atom is -0.368 e. The zero-order valence-electron chi connectivity index (χ0n) is 16.3. The van der Waals surface area contributed by atoms with Crippen molar-refractivity contribution in [1.82, 2.24) is 14.9 Å². The van der Waals surface area contributed by atoms with Crippen LogP contribution >= 0.6 is 11.3 Å². The molecule has 0 radical (unpaired) electrons. The fraction of sp³-hybridized carbons (Fsp3) is 0.217. The smallest absolute Gasteiger partial charge is 0.273 e. The van der Waals surface area contributed by atoms with E-state index >= 15 is 0 Å². The van der Waals surface area contributed by atoms with Crippen molar-refractivity contribution in [3.8, 4) is 10.7 Å². The van der Waals surface area contributed by atoms with Crippen LogP contribution in [0.15, 0.2) is 60.0 Å². The number of aromatic amines is 1. The fourth-order valence-electron chi connectivity index (χ4n) is 3.84. The van der Waals surface area contributed by atoms with Gasteiger partial charge in [0.25, 0.3) is 5.91 Å². The number of thiazole rings is 1. The van der Waals surface area contributed by atoms with Crippen LogP contribution in [0.5, 0.6) is 0 Å². The number of carbonyl (C=O) groups is 1. The van der Waals surface area contributed by atoms with Gasteiger partial charge in [0.2, 0.25) is 0 Å². The van der Waals surface area contributed by atoms with E-state index in [0.717, 1.165) is 34.7 Å². The van der Waals surface area contributed by atoms with Gasteiger partial charge in [-0.2, -0.15) is 0 Å². The van der Waals surface area contributed by atoms with E-state index in [1.165, 1.54) is 22.6 Å². The van der Waals surface area contributed by atoms with Crippen molar-refractivity contribution in [2.45, 2.75) is 6.92 Å². The summed E-state index contributed by atoms with van der Waals surface area (Å²) in [5, 5.41) is 3.87. The number of carbonyl (C=O) groups excluding carboxylic acids is 1. The van der Waals surface area contributed by atoms with Gasteiger partial charge in [-0.15, -0.1) is 11.3 Å². The summed E-state index contributed by atoms with van der Waals surface area (Å²) < 4.78 is 0. The molecule has 6 heteroatoms. The van der Waals surface area contributed by atoms with Crippen LogP contribution in [-0.2, 0) is 0 Å². The second-order valence-electron chi connectivity index (χ2n) is 7.43. The number of nitrogens with zero attached hydrogens (tertiary/aromatic N) is 3. The highest BCUT2D eigenvalue weighted by molar-refractivity contribution is 7.13. The average molecular weight is 403 g/mol. The molecule has 0 unspecified atom stereocenters. The number of rotatable bonds is 3. The van der Waals surface area contributed by atoms with Crippen molar-refractivity contribution in [2.24, 2.45) is 0 Å². The molecule has 1 N–H and O–H groups in total. The Morgan fingerprint density at radius 3 is 2.66 bits per heavy atom. The number of anilines is 1. The van der Waals surface area contributed by atoms with Crippen LogP contribution in [0, 0.1) is 6.92 Å². The van der Waals surface area contributed by atoms with Gasteiger partial charge in [-0.1, -0.05) is 30.3 Å². The lowest BCUT2D eigenvalue weighted by Gasteiger charge is -2.36. The van der Waals surface area contributed by atoms with E-state index in [0.29, 0.717) is 18.8 Å². The molecule has 29 heavy (non-hydrogen) atoms. The number of amides is 1. The third-order valence-corrected chi connectivity index (χ3v) is 6.29. The molecule has 0 aliphatic carbocycles. The number of aryl methyl sites for hydroxylation is 1. The van der Waals surface area contributed by atoms with Crippen molar-refractivity contribution >= 4 is 33.8 Å². The molecular weight excluding hydrogens is 380 g/mol. The topological polar surface area (TPSA) is 52.2 Å². The molecule has 0 atom stereocenters. The van der Waals surface area contributed by atoms with E-state index in [2.05, 4.69) is 58.2 Å². The van der Waals surface area contributed by atoms with Gasteiger partial charge in [-0.05, 0) is 36.8 Å². The maximum absolute atomic E-state index is 13.0. The lowest BCUT2D eigenvalue weighted by Crippen LogP contribution is -2.48. The summed E-state index contributed by atoms with van der Waals surface area (Å²) in [7, 11) is 0. The summed E-state index contributed by atoms with van der Waals surface area (Å²) in [6.07, 6.45) is 0. The van der Waals surface area contributed by atoms with Crippen LogP contribution in [0.2, 0.25) is 0 Å². The van der Waals surface area contributed by atoms with Crippen LogP contribution in [0.3, 0.4) is 0 Å². The molecule has 3 heterocycles. The van der Waals surface area contributed by atoms with E-state index in [1.54, 1.807) is 0 Å². The van der Waals surface area contributed by atoms with Crippen molar-refractivity contribution in [3.63, 3.8) is 0 Å². The Kier molecular flexibility index (Phi) is 4.56. The summed E-state index contributed by atoms with van der Waals surface area (Å²) >= 11 is 1.51. The lowest BCUT2D eigenvalue weighted by molar-refractivity contribution is 0.0742. The number of nitrogens with one attached hydrogen (secondary N) is 1. The van der Waals surface area contributed by atoms with Crippen LogP contribution in [0.1, 0.15) is 16.1 Å². The highest BCUT2D eigenvalue weighted by Gasteiger charge is 2.24. The molecule has 0 bridgehead atoms. The zero-order chi connectivity index (χ0) is 19.8. The first kappa shape index (κ1) is 17.9. The quantitative estimate of drug-likeness (QED) is 0.546. The standard InChI is InChI=1S/C23H22N4OS/c1-16-5-4-7-18(13-16)26-9-11-27(12-10-26)23(28)21-15-29-22(25-21)20-14-17-6-2-3-8-19(17)24-20/h2-8,13-15,24H,9-12H2,1H3. The Morgan fingerprint density at radius 2 is 1.86 bits per heavy atom. The van der Waals surface area contributed by atoms with Crippen molar-refractivity contribution in [2.75, 3.05) is 31.1 Å². The Morgan fingerprint density at radius 1 is 1.03 bits per heavy atom. The van der Waals surface area contributed by atoms with Gasteiger partial charge >= 0.3 is 0 Å². The molecular formula is C23H22N4OS. The first-order valence-corrected chi connectivity index (χ1v) is 10.7. The summed E-state index contributed by atoms with van der Waals surface area (Å²) in [6, 6.07) is 18.8. The maximum Gasteiger partial charge on any atom is 0.273 e. The van der Waals surface area contributed by atoms with Crippen molar-refractivity contribution in [1.29, 1.82) is 0 Å². The molecule has 2 aromatic heterocycles. The number of piperazine rings is 1. The van der Waals surface area contributed by atoms with Gasteiger partial charge in [0.05, 0.1) is 5.69 Å². The summed E-state index contributed by atoms with van der Waals surface area (Å²) in [5.74, 6) is 0.0208. The summed E-state index contributed by atoms with van der Waals surface area (Å²) in [4.78, 5) is 25.2. The number of aromatic nitrogens is 2. The molecule has 5 nitrogen and oxygen atoms in total. The van der Waals surface area contributed by atoms with E-state index < -0.39 is 0 Å². The number of para-hydroxylation sites is 1. The van der Waals surface area contributed by atoms with Crippen LogP contribution in [-0.4, -0.2) is 47.0 Å². The molecule has 1 saturated heterocycles. The molecule has 1 aliphatic heterocycles. The number of H-pyrrole nitrogens is 1. The minimum atomic E-state index is 0.0208. The monoisotopic (exact) mass is 402 g/mol. The first-order chi connectivity index (χ1) is 14.2. The van der Waals surface area contributed by atoms with E-state index in [1.807, 2.05) is 28.5 Å². The van der Waals surface area contributed by atoms with Crippen LogP contribution in [0.4, 0.5) is 5.69 Å². The summed E-state index contributed by atoms with van der Waals surface area (Å²) in [5.41, 5.74) is 5.06. The number of hydrogen-bond acceptors (Lipinski definition) is 4. The predicted molar refractivity (Wildman–Crippen MR) is 119 cm³/mol. The zero-order valence-corrected chi connectivity index (χ0v) is 17.1. The van der Waals surface area contributed by atoms with E-state index in [-0.39, 0.29) is 5.91 Å². The van der Waals surface area contributed by atoms with Gasteiger partial charge in [0.15, 0.2) is 0 Å². The minimum absolute atomic E-state index is 0.0208. The second kappa shape index (κ2) is 7.37. The molecule has 1 fully saturated rings. The maximum atomic E-state index is 13.0. The SMILES string of the molecule is Cc1cccc(N2CCN(C(=O)c3csc(-c4cc5ccccc5[nH]4)n3)CC2)c1.